The van der Waals surface area contributed by atoms with Crippen molar-refractivity contribution in [2.45, 2.75) is 12.5 Å². The molecule has 68 valence electrons. The van der Waals surface area contributed by atoms with Gasteiger partial charge in [0.25, 0.3) is 0 Å². The van der Waals surface area contributed by atoms with Gasteiger partial charge in [0.2, 0.25) is 0 Å². The van der Waals surface area contributed by atoms with Crippen molar-refractivity contribution in [3.8, 4) is 0 Å². The lowest BCUT2D eigenvalue weighted by molar-refractivity contribution is -0.148. The Labute approximate surface area is 70.0 Å². The molecular formula is C7H11NO4. The highest BCUT2D eigenvalue weighted by molar-refractivity contribution is 5.84. The number of hydrogen-bond donors (Lipinski definition) is 1. The average molecular weight is 173 g/mol. The van der Waals surface area contributed by atoms with Gasteiger partial charge in [-0.1, -0.05) is 0 Å². The molecule has 1 N–H and O–H groups in total. The highest BCUT2D eigenvalue weighted by atomic mass is 16.5. The smallest absolute Gasteiger partial charge is 0.333 e. The van der Waals surface area contributed by atoms with Gasteiger partial charge in [-0.05, 0) is 0 Å². The Hall–Kier alpha value is -1.10. The molecule has 0 saturated carbocycles. The molecule has 0 aliphatic carbocycles. The second kappa shape index (κ2) is 4.06. The topological polar surface area (TPSA) is 68.1 Å². The zero-order chi connectivity index (χ0) is 8.97. The van der Waals surface area contributed by atoms with Crippen LogP contribution in [0.15, 0.2) is 4.99 Å². The first kappa shape index (κ1) is 8.99. The van der Waals surface area contributed by atoms with Crippen molar-refractivity contribution in [1.29, 1.82) is 0 Å². The SMILES string of the molecule is COC(CC1=NCCO1)C(=O)O. The number of aliphatic imine (C=N–C) groups is 1. The molecule has 1 aliphatic rings. The number of carbonyl (C=O) groups is 1. The van der Waals surface area contributed by atoms with Crippen LogP contribution in [0.1, 0.15) is 6.42 Å². The monoisotopic (exact) mass is 173 g/mol. The fraction of sp³-hybridized carbons (Fsp3) is 0.714. The van der Waals surface area contributed by atoms with Gasteiger partial charge in [0, 0.05) is 7.11 Å². The molecule has 0 amide bonds. The van der Waals surface area contributed by atoms with Crippen molar-refractivity contribution in [2.24, 2.45) is 4.99 Å². The summed E-state index contributed by atoms with van der Waals surface area (Å²) in [5.74, 6) is -0.514. The Kier molecular flexibility index (Phi) is 3.04. The van der Waals surface area contributed by atoms with Crippen LogP contribution >= 0.6 is 0 Å². The third kappa shape index (κ3) is 2.20. The van der Waals surface area contributed by atoms with E-state index < -0.39 is 12.1 Å². The van der Waals surface area contributed by atoms with Gasteiger partial charge < -0.3 is 14.6 Å². The van der Waals surface area contributed by atoms with E-state index in [0.29, 0.717) is 19.0 Å². The van der Waals surface area contributed by atoms with E-state index in [1.54, 1.807) is 0 Å². The first-order valence-electron chi connectivity index (χ1n) is 3.65. The van der Waals surface area contributed by atoms with Crippen LogP contribution in [-0.2, 0) is 14.3 Å². The molecule has 0 radical (unpaired) electrons. The fourth-order valence-electron chi connectivity index (χ4n) is 0.933. The quantitative estimate of drug-likeness (QED) is 0.644. The van der Waals surface area contributed by atoms with E-state index in [1.165, 1.54) is 7.11 Å². The molecule has 1 atom stereocenters. The molecule has 12 heavy (non-hydrogen) atoms. The fourth-order valence-corrected chi connectivity index (χ4v) is 0.933. The summed E-state index contributed by atoms with van der Waals surface area (Å²) in [7, 11) is 1.36. The number of rotatable bonds is 4. The number of aliphatic carboxylic acids is 1. The Morgan fingerprint density at radius 2 is 2.67 bits per heavy atom. The normalized spacial score (nSPS) is 18.2. The van der Waals surface area contributed by atoms with E-state index in [1.807, 2.05) is 0 Å². The standard InChI is InChI=1S/C7H11NO4/c1-11-5(7(9)10)4-6-8-2-3-12-6/h5H,2-4H2,1H3,(H,9,10). The predicted octanol–water partition coefficient (Wildman–Crippen LogP) is -0.0952. The second-order valence-electron chi connectivity index (χ2n) is 2.39. The van der Waals surface area contributed by atoms with E-state index in [2.05, 4.69) is 4.99 Å². The van der Waals surface area contributed by atoms with Crippen molar-refractivity contribution in [3.63, 3.8) is 0 Å². The van der Waals surface area contributed by atoms with Crippen LogP contribution in [0.3, 0.4) is 0 Å². The maximum Gasteiger partial charge on any atom is 0.333 e. The van der Waals surface area contributed by atoms with E-state index in [4.69, 9.17) is 14.6 Å². The summed E-state index contributed by atoms with van der Waals surface area (Å²) in [6.45, 7) is 1.16. The number of methoxy groups -OCH3 is 1. The molecule has 1 heterocycles. The minimum atomic E-state index is -0.990. The molecule has 0 saturated heterocycles. The maximum atomic E-state index is 10.5. The van der Waals surface area contributed by atoms with Crippen molar-refractivity contribution in [2.75, 3.05) is 20.3 Å². The van der Waals surface area contributed by atoms with Gasteiger partial charge >= 0.3 is 5.97 Å². The molecule has 0 spiro atoms. The zero-order valence-corrected chi connectivity index (χ0v) is 6.82. The van der Waals surface area contributed by atoms with Crippen LogP contribution < -0.4 is 0 Å². The lowest BCUT2D eigenvalue weighted by atomic mass is 10.2. The van der Waals surface area contributed by atoms with E-state index in [0.717, 1.165) is 0 Å². The van der Waals surface area contributed by atoms with E-state index in [-0.39, 0.29) is 6.42 Å². The summed E-state index contributed by atoms with van der Waals surface area (Å²) in [6, 6.07) is 0. The minimum Gasteiger partial charge on any atom is -0.479 e. The van der Waals surface area contributed by atoms with Crippen molar-refractivity contribution in [1.82, 2.24) is 0 Å². The summed E-state index contributed by atoms with van der Waals surface area (Å²) in [6.07, 6.45) is -0.631. The van der Waals surface area contributed by atoms with Crippen LogP contribution in [0, 0.1) is 0 Å². The number of ether oxygens (including phenoxy) is 2. The summed E-state index contributed by atoms with van der Waals surface area (Å²) < 4.78 is 9.76. The Balaban J connectivity index is 2.41. The zero-order valence-electron chi connectivity index (χ0n) is 6.82. The summed E-state index contributed by atoms with van der Waals surface area (Å²) in [5.41, 5.74) is 0. The van der Waals surface area contributed by atoms with Crippen LogP contribution in [0.5, 0.6) is 0 Å². The molecule has 1 unspecified atom stereocenters. The maximum absolute atomic E-state index is 10.5. The number of hydrogen-bond acceptors (Lipinski definition) is 4. The second-order valence-corrected chi connectivity index (χ2v) is 2.39. The van der Waals surface area contributed by atoms with Gasteiger partial charge in [-0.2, -0.15) is 0 Å². The van der Waals surface area contributed by atoms with Gasteiger partial charge in [-0.25, -0.2) is 4.79 Å². The summed E-state index contributed by atoms with van der Waals surface area (Å²) in [5, 5.41) is 8.60. The first-order chi connectivity index (χ1) is 5.74. The molecule has 0 aromatic rings. The molecule has 0 bridgehead atoms. The van der Waals surface area contributed by atoms with Gasteiger partial charge in [0.15, 0.2) is 12.0 Å². The Bertz CT molecular complexity index is 202. The lowest BCUT2D eigenvalue weighted by Crippen LogP contribution is -2.25. The Morgan fingerprint density at radius 3 is 3.08 bits per heavy atom. The molecule has 5 heteroatoms. The lowest BCUT2D eigenvalue weighted by Gasteiger charge is -2.09. The van der Waals surface area contributed by atoms with Gasteiger partial charge in [0.1, 0.15) is 6.61 Å². The number of nitrogens with zero attached hydrogens (tertiary/aromatic N) is 1. The molecule has 1 rings (SSSR count). The highest BCUT2D eigenvalue weighted by Crippen LogP contribution is 2.05. The predicted molar refractivity (Wildman–Crippen MR) is 41.3 cm³/mol. The van der Waals surface area contributed by atoms with Gasteiger partial charge in [0.05, 0.1) is 13.0 Å². The van der Waals surface area contributed by atoms with Crippen LogP contribution in [0.25, 0.3) is 0 Å². The van der Waals surface area contributed by atoms with E-state index in [9.17, 15) is 4.79 Å². The molecule has 0 fully saturated rings. The van der Waals surface area contributed by atoms with Crippen molar-refractivity contribution in [3.05, 3.63) is 0 Å². The summed E-state index contributed by atoms with van der Waals surface area (Å²) in [4.78, 5) is 14.4. The molecular weight excluding hydrogens is 162 g/mol. The van der Waals surface area contributed by atoms with Crippen LogP contribution in [0.4, 0.5) is 0 Å². The Morgan fingerprint density at radius 1 is 1.92 bits per heavy atom. The minimum absolute atomic E-state index is 0.214. The third-order valence-corrected chi connectivity index (χ3v) is 1.57. The number of carboxylic acids is 1. The molecule has 0 aromatic heterocycles. The molecule has 1 aliphatic heterocycles. The van der Waals surface area contributed by atoms with Crippen LogP contribution in [-0.4, -0.2) is 43.3 Å². The highest BCUT2D eigenvalue weighted by Gasteiger charge is 2.21. The molecule has 5 nitrogen and oxygen atoms in total. The van der Waals surface area contributed by atoms with Crippen molar-refractivity contribution < 1.29 is 19.4 Å². The first-order valence-corrected chi connectivity index (χ1v) is 3.65. The average Bonchev–Trinajstić information content (AvgIpc) is 2.51. The van der Waals surface area contributed by atoms with Gasteiger partial charge in [-0.3, -0.25) is 4.99 Å². The van der Waals surface area contributed by atoms with E-state index >= 15 is 0 Å². The molecule has 0 aromatic carbocycles. The van der Waals surface area contributed by atoms with Crippen molar-refractivity contribution >= 4 is 11.9 Å². The third-order valence-electron chi connectivity index (χ3n) is 1.57. The number of carboxylic acid groups (broad SMARTS) is 1. The summed E-state index contributed by atoms with van der Waals surface area (Å²) >= 11 is 0. The van der Waals surface area contributed by atoms with Crippen LogP contribution in [0.2, 0.25) is 0 Å². The van der Waals surface area contributed by atoms with Gasteiger partial charge in [-0.15, -0.1) is 0 Å². The largest absolute Gasteiger partial charge is 0.479 e.